The van der Waals surface area contributed by atoms with Gasteiger partial charge in [0.1, 0.15) is 12.7 Å². The lowest BCUT2D eigenvalue weighted by Gasteiger charge is -2.05. The van der Waals surface area contributed by atoms with Crippen molar-refractivity contribution in [3.8, 4) is 0 Å². The minimum absolute atomic E-state index is 0.276. The third-order valence-electron chi connectivity index (χ3n) is 2.44. The Hall–Kier alpha value is -2.84. The Morgan fingerprint density at radius 1 is 1.33 bits per heavy atom. The topological polar surface area (TPSA) is 114 Å². The van der Waals surface area contributed by atoms with Crippen LogP contribution in [0.25, 0.3) is 5.78 Å². The van der Waals surface area contributed by atoms with Crippen molar-refractivity contribution in [1.82, 2.24) is 34.8 Å². The maximum atomic E-state index is 12.0. The van der Waals surface area contributed by atoms with Gasteiger partial charge in [-0.2, -0.15) is 20.2 Å². The normalized spacial score (nSPS) is 10.7. The van der Waals surface area contributed by atoms with E-state index in [-0.39, 0.29) is 11.9 Å². The first-order valence-electron chi connectivity index (χ1n) is 5.08. The van der Waals surface area contributed by atoms with Crippen LogP contribution < -0.4 is 5.32 Å². The van der Waals surface area contributed by atoms with Gasteiger partial charge in [-0.05, 0) is 6.92 Å². The molecule has 0 aliphatic heterocycles. The Balaban J connectivity index is 1.98. The first-order valence-corrected chi connectivity index (χ1v) is 5.08. The molecule has 3 heterocycles. The molecule has 0 radical (unpaired) electrons. The molecule has 3 aromatic heterocycles. The van der Waals surface area contributed by atoms with Crippen molar-refractivity contribution in [3.63, 3.8) is 0 Å². The van der Waals surface area contributed by atoms with Gasteiger partial charge in [-0.3, -0.25) is 10.1 Å². The first kappa shape index (κ1) is 10.3. The fraction of sp³-hybridized carbons (Fsp3) is 0.111. The van der Waals surface area contributed by atoms with Crippen molar-refractivity contribution >= 4 is 17.6 Å². The summed E-state index contributed by atoms with van der Waals surface area (Å²) in [4.78, 5) is 23.8. The third kappa shape index (κ3) is 1.57. The second-order valence-corrected chi connectivity index (χ2v) is 3.52. The molecule has 3 aromatic rings. The molecule has 3 rings (SSSR count). The molecule has 9 heteroatoms. The molecule has 0 unspecified atom stereocenters. The molecule has 0 fully saturated rings. The van der Waals surface area contributed by atoms with E-state index in [2.05, 4.69) is 35.6 Å². The zero-order valence-corrected chi connectivity index (χ0v) is 9.32. The minimum atomic E-state index is -0.339. The summed E-state index contributed by atoms with van der Waals surface area (Å²) in [6, 6.07) is 0. The molecule has 9 nitrogen and oxygen atoms in total. The van der Waals surface area contributed by atoms with Crippen LogP contribution in [-0.4, -0.2) is 40.7 Å². The lowest BCUT2D eigenvalue weighted by atomic mass is 10.2. The fourth-order valence-electron chi connectivity index (χ4n) is 1.55. The molecule has 0 aliphatic carbocycles. The average molecular weight is 244 g/mol. The van der Waals surface area contributed by atoms with E-state index in [1.807, 2.05) is 0 Å². The van der Waals surface area contributed by atoms with Gasteiger partial charge in [0.05, 0.1) is 11.3 Å². The fourth-order valence-corrected chi connectivity index (χ4v) is 1.55. The summed E-state index contributed by atoms with van der Waals surface area (Å²) < 4.78 is 1.50. The van der Waals surface area contributed by atoms with E-state index >= 15 is 0 Å². The van der Waals surface area contributed by atoms with Crippen molar-refractivity contribution in [1.29, 1.82) is 0 Å². The van der Waals surface area contributed by atoms with Crippen LogP contribution in [0.4, 0.5) is 5.95 Å². The standard InChI is InChI=1S/C9H8N8O/c1-5-6(2-10-9-12-4-14-17(5)9)7(18)15-8-11-3-13-16-8/h2-4H,1H3,(H2,11,13,15,16,18). The largest absolute Gasteiger partial charge is 0.291 e. The Labute approximate surface area is 100 Å². The molecule has 1 amide bonds. The van der Waals surface area contributed by atoms with Crippen LogP contribution in [0.15, 0.2) is 18.9 Å². The zero-order valence-electron chi connectivity index (χ0n) is 9.32. The van der Waals surface area contributed by atoms with Gasteiger partial charge < -0.3 is 0 Å². The summed E-state index contributed by atoms with van der Waals surface area (Å²) in [5, 5.41) is 12.7. The Bertz CT molecular complexity index is 701. The molecular formula is C9H8N8O. The van der Waals surface area contributed by atoms with E-state index in [4.69, 9.17) is 0 Å². The van der Waals surface area contributed by atoms with E-state index in [9.17, 15) is 4.79 Å². The second kappa shape index (κ2) is 3.87. The molecule has 90 valence electrons. The average Bonchev–Trinajstić information content (AvgIpc) is 2.99. The van der Waals surface area contributed by atoms with Gasteiger partial charge in [0, 0.05) is 6.20 Å². The quantitative estimate of drug-likeness (QED) is 0.645. The second-order valence-electron chi connectivity index (χ2n) is 3.52. The number of nitrogens with zero attached hydrogens (tertiary/aromatic N) is 6. The number of rotatable bonds is 2. The number of H-pyrrole nitrogens is 1. The summed E-state index contributed by atoms with van der Waals surface area (Å²) in [6.07, 6.45) is 4.14. The number of aromatic amines is 1. The maximum Gasteiger partial charge on any atom is 0.261 e. The molecule has 0 atom stereocenters. The molecule has 0 spiro atoms. The van der Waals surface area contributed by atoms with Gasteiger partial charge in [0.25, 0.3) is 11.7 Å². The minimum Gasteiger partial charge on any atom is -0.291 e. The Morgan fingerprint density at radius 3 is 3.00 bits per heavy atom. The highest BCUT2D eigenvalue weighted by atomic mass is 16.1. The summed E-state index contributed by atoms with van der Waals surface area (Å²) in [5.41, 5.74) is 1.04. The highest BCUT2D eigenvalue weighted by molar-refractivity contribution is 6.03. The van der Waals surface area contributed by atoms with Crippen LogP contribution in [0.3, 0.4) is 0 Å². The van der Waals surface area contributed by atoms with Crippen LogP contribution in [-0.2, 0) is 0 Å². The molecule has 0 aliphatic rings. The number of fused-ring (bicyclic) bond motifs is 1. The maximum absolute atomic E-state index is 12.0. The number of amides is 1. The van der Waals surface area contributed by atoms with Crippen molar-refractivity contribution in [2.75, 3.05) is 5.32 Å². The lowest BCUT2D eigenvalue weighted by Crippen LogP contribution is -2.17. The Kier molecular flexibility index (Phi) is 2.22. The number of hydrogen-bond acceptors (Lipinski definition) is 6. The number of nitrogens with one attached hydrogen (secondary N) is 2. The highest BCUT2D eigenvalue weighted by Gasteiger charge is 2.14. The molecule has 0 bridgehead atoms. The van der Waals surface area contributed by atoms with Crippen molar-refractivity contribution < 1.29 is 4.79 Å². The van der Waals surface area contributed by atoms with Crippen LogP contribution in [0.5, 0.6) is 0 Å². The molecule has 2 N–H and O–H groups in total. The van der Waals surface area contributed by atoms with E-state index in [0.717, 1.165) is 0 Å². The smallest absolute Gasteiger partial charge is 0.261 e. The molecule has 0 saturated heterocycles. The van der Waals surface area contributed by atoms with Gasteiger partial charge in [-0.1, -0.05) is 0 Å². The number of carbonyl (C=O) groups excluding carboxylic acids is 1. The molecule has 0 saturated carbocycles. The zero-order chi connectivity index (χ0) is 12.5. The SMILES string of the molecule is Cc1c(C(=O)Nc2ncn[nH]2)cnc2ncnn12. The van der Waals surface area contributed by atoms with Crippen LogP contribution >= 0.6 is 0 Å². The van der Waals surface area contributed by atoms with E-state index in [1.165, 1.54) is 23.4 Å². The summed E-state index contributed by atoms with van der Waals surface area (Å²) in [6.45, 7) is 1.76. The number of aromatic nitrogens is 7. The number of hydrogen-bond donors (Lipinski definition) is 2. The number of aryl methyl sites for hydroxylation is 1. The van der Waals surface area contributed by atoms with Gasteiger partial charge in [0.2, 0.25) is 5.95 Å². The Morgan fingerprint density at radius 2 is 2.22 bits per heavy atom. The lowest BCUT2D eigenvalue weighted by molar-refractivity contribution is 0.102. The van der Waals surface area contributed by atoms with Gasteiger partial charge in [-0.15, -0.1) is 0 Å². The summed E-state index contributed by atoms with van der Waals surface area (Å²) in [7, 11) is 0. The first-order chi connectivity index (χ1) is 8.75. The number of carbonyl (C=O) groups is 1. The van der Waals surface area contributed by atoms with Crippen molar-refractivity contribution in [2.45, 2.75) is 6.92 Å². The monoisotopic (exact) mass is 244 g/mol. The molecular weight excluding hydrogens is 236 g/mol. The molecule has 18 heavy (non-hydrogen) atoms. The highest BCUT2D eigenvalue weighted by Crippen LogP contribution is 2.09. The van der Waals surface area contributed by atoms with Crippen LogP contribution in [0.1, 0.15) is 16.1 Å². The third-order valence-corrected chi connectivity index (χ3v) is 2.44. The summed E-state index contributed by atoms with van der Waals surface area (Å²) >= 11 is 0. The van der Waals surface area contributed by atoms with Crippen LogP contribution in [0, 0.1) is 6.92 Å². The van der Waals surface area contributed by atoms with E-state index in [1.54, 1.807) is 6.92 Å². The summed E-state index contributed by atoms with van der Waals surface area (Å²) in [5.74, 6) is 0.385. The van der Waals surface area contributed by atoms with Crippen LogP contribution in [0.2, 0.25) is 0 Å². The van der Waals surface area contributed by atoms with Crippen molar-refractivity contribution in [3.05, 3.63) is 30.1 Å². The van der Waals surface area contributed by atoms with Gasteiger partial charge in [-0.25, -0.2) is 14.6 Å². The van der Waals surface area contributed by atoms with E-state index in [0.29, 0.717) is 17.0 Å². The molecule has 0 aromatic carbocycles. The predicted molar refractivity (Wildman–Crippen MR) is 59.9 cm³/mol. The van der Waals surface area contributed by atoms with Gasteiger partial charge >= 0.3 is 0 Å². The van der Waals surface area contributed by atoms with Gasteiger partial charge in [0.15, 0.2) is 0 Å². The van der Waals surface area contributed by atoms with Crippen molar-refractivity contribution in [2.24, 2.45) is 0 Å². The van der Waals surface area contributed by atoms with E-state index < -0.39 is 0 Å². The predicted octanol–water partition coefficient (Wildman–Crippen LogP) is -0.197. The number of anilines is 1.